The van der Waals surface area contributed by atoms with E-state index in [-0.39, 0.29) is 18.0 Å². The Bertz CT molecular complexity index is 495. The lowest BCUT2D eigenvalue weighted by atomic mass is 10.1. The predicted octanol–water partition coefficient (Wildman–Crippen LogP) is 1.63. The average molecular weight is 262 g/mol. The summed E-state index contributed by atoms with van der Waals surface area (Å²) in [5, 5.41) is 14.8. The van der Waals surface area contributed by atoms with E-state index in [9.17, 15) is 9.59 Å². The van der Waals surface area contributed by atoms with Gasteiger partial charge in [0.15, 0.2) is 0 Å². The minimum Gasteiger partial charge on any atom is -0.478 e. The Balaban J connectivity index is 1.88. The molecule has 0 unspecified atom stereocenters. The number of carboxylic acid groups (broad SMARTS) is 1. The molecule has 1 saturated carbocycles. The van der Waals surface area contributed by atoms with Crippen LogP contribution in [0.25, 0.3) is 0 Å². The van der Waals surface area contributed by atoms with Crippen LogP contribution in [0.4, 0.5) is 5.69 Å². The van der Waals surface area contributed by atoms with Gasteiger partial charge in [-0.3, -0.25) is 4.79 Å². The summed E-state index contributed by atoms with van der Waals surface area (Å²) in [7, 11) is 0. The number of rotatable bonds is 6. The molecule has 5 nitrogen and oxygen atoms in total. The first-order valence-electron chi connectivity index (χ1n) is 6.41. The van der Waals surface area contributed by atoms with Crippen LogP contribution in [-0.2, 0) is 4.79 Å². The molecule has 0 saturated heterocycles. The van der Waals surface area contributed by atoms with Crippen LogP contribution in [0.15, 0.2) is 18.2 Å². The highest BCUT2D eigenvalue weighted by atomic mass is 16.4. The molecule has 5 heteroatoms. The average Bonchev–Trinajstić information content (AvgIpc) is 3.15. The molecule has 3 N–H and O–H groups in total. The van der Waals surface area contributed by atoms with Gasteiger partial charge in [-0.1, -0.05) is 6.07 Å². The van der Waals surface area contributed by atoms with E-state index in [4.69, 9.17) is 5.11 Å². The van der Waals surface area contributed by atoms with Crippen molar-refractivity contribution in [3.8, 4) is 0 Å². The largest absolute Gasteiger partial charge is 0.478 e. The third-order valence-electron chi connectivity index (χ3n) is 3.17. The first kappa shape index (κ1) is 13.5. The summed E-state index contributed by atoms with van der Waals surface area (Å²) >= 11 is 0. The molecule has 1 aliphatic rings. The van der Waals surface area contributed by atoms with E-state index in [0.717, 1.165) is 12.5 Å². The van der Waals surface area contributed by atoms with Gasteiger partial charge in [0.05, 0.1) is 12.1 Å². The van der Waals surface area contributed by atoms with Crippen LogP contribution in [0.3, 0.4) is 0 Å². The second kappa shape index (κ2) is 5.84. The van der Waals surface area contributed by atoms with Crippen molar-refractivity contribution in [1.29, 1.82) is 0 Å². The lowest BCUT2D eigenvalue weighted by molar-refractivity contribution is -0.115. The Kier molecular flexibility index (Phi) is 4.16. The molecular weight excluding hydrogens is 244 g/mol. The zero-order valence-corrected chi connectivity index (χ0v) is 10.9. The van der Waals surface area contributed by atoms with Gasteiger partial charge < -0.3 is 15.7 Å². The van der Waals surface area contributed by atoms with E-state index < -0.39 is 5.97 Å². The quantitative estimate of drug-likeness (QED) is 0.728. The second-order valence-corrected chi connectivity index (χ2v) is 4.96. The zero-order valence-electron chi connectivity index (χ0n) is 10.9. The molecule has 0 heterocycles. The number of aryl methyl sites for hydroxylation is 1. The van der Waals surface area contributed by atoms with Crippen LogP contribution in [0.5, 0.6) is 0 Å². The van der Waals surface area contributed by atoms with Crippen molar-refractivity contribution in [2.45, 2.75) is 19.8 Å². The maximum atomic E-state index is 11.7. The van der Waals surface area contributed by atoms with Gasteiger partial charge in [0.1, 0.15) is 0 Å². The summed E-state index contributed by atoms with van der Waals surface area (Å²) in [5.74, 6) is -0.410. The highest BCUT2D eigenvalue weighted by molar-refractivity contribution is 5.95. The molecule has 0 bridgehead atoms. The maximum absolute atomic E-state index is 11.7. The van der Waals surface area contributed by atoms with E-state index in [1.54, 1.807) is 19.1 Å². The van der Waals surface area contributed by atoms with Crippen molar-refractivity contribution in [2.75, 3.05) is 18.4 Å². The highest BCUT2D eigenvalue weighted by Crippen LogP contribution is 2.27. The topological polar surface area (TPSA) is 78.4 Å². The van der Waals surface area contributed by atoms with Gasteiger partial charge in [0, 0.05) is 5.69 Å². The molecule has 0 atom stereocenters. The van der Waals surface area contributed by atoms with Gasteiger partial charge in [0.25, 0.3) is 0 Å². The Hall–Kier alpha value is -1.88. The number of carbonyl (C=O) groups excluding carboxylic acids is 1. The summed E-state index contributed by atoms with van der Waals surface area (Å²) in [4.78, 5) is 22.6. The zero-order chi connectivity index (χ0) is 13.8. The fourth-order valence-electron chi connectivity index (χ4n) is 1.85. The van der Waals surface area contributed by atoms with Gasteiger partial charge in [-0.2, -0.15) is 0 Å². The molecule has 2 rings (SSSR count). The minimum absolute atomic E-state index is 0.152. The SMILES string of the molecule is Cc1ccc(NC(=O)CNCC2CC2)cc1C(=O)O. The molecule has 19 heavy (non-hydrogen) atoms. The number of carbonyl (C=O) groups is 2. The summed E-state index contributed by atoms with van der Waals surface area (Å²) < 4.78 is 0. The number of nitrogens with one attached hydrogen (secondary N) is 2. The van der Waals surface area contributed by atoms with Crippen molar-refractivity contribution in [3.05, 3.63) is 29.3 Å². The normalized spacial score (nSPS) is 14.2. The lowest BCUT2D eigenvalue weighted by Gasteiger charge is -2.08. The van der Waals surface area contributed by atoms with Crippen molar-refractivity contribution >= 4 is 17.6 Å². The molecular formula is C14H18N2O3. The number of anilines is 1. The van der Waals surface area contributed by atoms with Gasteiger partial charge in [0.2, 0.25) is 5.91 Å². The van der Waals surface area contributed by atoms with Crippen LogP contribution >= 0.6 is 0 Å². The molecule has 0 aliphatic heterocycles. The fraction of sp³-hybridized carbons (Fsp3) is 0.429. The first-order chi connectivity index (χ1) is 9.06. The van der Waals surface area contributed by atoms with Crippen LogP contribution < -0.4 is 10.6 Å². The Morgan fingerprint density at radius 3 is 2.74 bits per heavy atom. The molecule has 1 fully saturated rings. The van der Waals surface area contributed by atoms with Crippen molar-refractivity contribution in [1.82, 2.24) is 5.32 Å². The van der Waals surface area contributed by atoms with Gasteiger partial charge in [-0.25, -0.2) is 4.79 Å². The Labute approximate surface area is 112 Å². The number of aromatic carboxylic acids is 1. The standard InChI is InChI=1S/C14H18N2O3/c1-9-2-5-11(6-12(9)14(18)19)16-13(17)8-15-7-10-3-4-10/h2,5-6,10,15H,3-4,7-8H2,1H3,(H,16,17)(H,18,19). The van der Waals surface area contributed by atoms with Gasteiger partial charge in [-0.15, -0.1) is 0 Å². The third kappa shape index (κ3) is 4.06. The molecule has 0 aromatic heterocycles. The van der Waals surface area contributed by atoms with Crippen molar-refractivity contribution < 1.29 is 14.7 Å². The summed E-state index contributed by atoms with van der Waals surface area (Å²) in [6.07, 6.45) is 2.49. The predicted molar refractivity (Wildman–Crippen MR) is 72.4 cm³/mol. The van der Waals surface area contributed by atoms with E-state index in [2.05, 4.69) is 10.6 Å². The Morgan fingerprint density at radius 2 is 2.11 bits per heavy atom. The van der Waals surface area contributed by atoms with Gasteiger partial charge in [-0.05, 0) is 49.9 Å². The first-order valence-corrected chi connectivity index (χ1v) is 6.41. The molecule has 1 amide bonds. The van der Waals surface area contributed by atoms with E-state index in [1.807, 2.05) is 0 Å². The second-order valence-electron chi connectivity index (χ2n) is 4.96. The van der Waals surface area contributed by atoms with E-state index in [1.165, 1.54) is 18.9 Å². The van der Waals surface area contributed by atoms with Crippen molar-refractivity contribution in [2.24, 2.45) is 5.92 Å². The molecule has 102 valence electrons. The highest BCUT2D eigenvalue weighted by Gasteiger charge is 2.20. The summed E-state index contributed by atoms with van der Waals surface area (Å²) in [5.41, 5.74) is 1.40. The van der Waals surface area contributed by atoms with E-state index in [0.29, 0.717) is 11.3 Å². The third-order valence-corrected chi connectivity index (χ3v) is 3.17. The number of hydrogen-bond donors (Lipinski definition) is 3. The maximum Gasteiger partial charge on any atom is 0.336 e. The smallest absolute Gasteiger partial charge is 0.336 e. The monoisotopic (exact) mass is 262 g/mol. The molecule has 1 aromatic rings. The van der Waals surface area contributed by atoms with Crippen LogP contribution in [0.1, 0.15) is 28.8 Å². The number of carboxylic acids is 1. The molecule has 0 spiro atoms. The Morgan fingerprint density at radius 1 is 1.37 bits per heavy atom. The number of hydrogen-bond acceptors (Lipinski definition) is 3. The number of amides is 1. The van der Waals surface area contributed by atoms with Crippen LogP contribution in [0.2, 0.25) is 0 Å². The molecule has 0 radical (unpaired) electrons. The summed E-state index contributed by atoms with van der Waals surface area (Å²) in [6, 6.07) is 4.88. The molecule has 1 aliphatic carbocycles. The number of benzene rings is 1. The van der Waals surface area contributed by atoms with Crippen molar-refractivity contribution in [3.63, 3.8) is 0 Å². The lowest BCUT2D eigenvalue weighted by Crippen LogP contribution is -2.29. The van der Waals surface area contributed by atoms with Crippen LogP contribution in [-0.4, -0.2) is 30.1 Å². The van der Waals surface area contributed by atoms with E-state index >= 15 is 0 Å². The fourth-order valence-corrected chi connectivity index (χ4v) is 1.85. The molecule has 1 aromatic carbocycles. The minimum atomic E-state index is -0.986. The van der Waals surface area contributed by atoms with Gasteiger partial charge >= 0.3 is 5.97 Å². The summed E-state index contributed by atoms with van der Waals surface area (Å²) in [6.45, 7) is 2.86. The van der Waals surface area contributed by atoms with Crippen LogP contribution in [0, 0.1) is 12.8 Å².